The Kier molecular flexibility index (Phi) is 4.66. The van der Waals surface area contributed by atoms with Crippen LogP contribution in [-0.2, 0) is 12.8 Å². The van der Waals surface area contributed by atoms with Crippen molar-refractivity contribution in [3.05, 3.63) is 59.0 Å². The molecule has 4 rings (SSSR count). The summed E-state index contributed by atoms with van der Waals surface area (Å²) in [5, 5.41) is 7.09. The van der Waals surface area contributed by atoms with Gasteiger partial charge in [0.2, 0.25) is 0 Å². The largest absolute Gasteiger partial charge is 0.361 e. The normalized spacial score (nSPS) is 16.0. The fourth-order valence-corrected chi connectivity index (χ4v) is 3.51. The van der Waals surface area contributed by atoms with E-state index in [0.29, 0.717) is 29.3 Å². The summed E-state index contributed by atoms with van der Waals surface area (Å²) in [6.45, 7) is 3.72. The van der Waals surface area contributed by atoms with Gasteiger partial charge in [-0.1, -0.05) is 12.1 Å². The second-order valence-corrected chi connectivity index (χ2v) is 6.67. The quantitative estimate of drug-likeness (QED) is 0.765. The first-order chi connectivity index (χ1) is 13.2. The number of hydrogen-bond acceptors (Lipinski definition) is 6. The molecule has 1 atom stereocenters. The summed E-state index contributed by atoms with van der Waals surface area (Å²) in [5.41, 5.74) is 4.08. The summed E-state index contributed by atoms with van der Waals surface area (Å²) in [6, 6.07) is 3.70. The smallest absolute Gasteiger partial charge is 0.257 e. The number of amides is 1. The molecule has 0 radical (unpaired) electrons. The Labute approximate surface area is 157 Å². The van der Waals surface area contributed by atoms with Crippen LogP contribution >= 0.6 is 0 Å². The van der Waals surface area contributed by atoms with Gasteiger partial charge in [0, 0.05) is 35.4 Å². The Morgan fingerprint density at radius 1 is 1.37 bits per heavy atom. The molecule has 1 unspecified atom stereocenters. The average molecular weight is 363 g/mol. The number of nitrogens with zero attached hydrogens (tertiary/aromatic N) is 4. The molecule has 1 aliphatic rings. The Morgan fingerprint density at radius 3 is 3.04 bits per heavy atom. The molecule has 3 heterocycles. The van der Waals surface area contributed by atoms with Crippen LogP contribution in [0.5, 0.6) is 0 Å². The number of aromatic nitrogens is 4. The van der Waals surface area contributed by atoms with Crippen LogP contribution in [0.15, 0.2) is 35.2 Å². The second kappa shape index (κ2) is 7.26. The predicted molar refractivity (Wildman–Crippen MR) is 99.0 cm³/mol. The van der Waals surface area contributed by atoms with Crippen molar-refractivity contribution < 1.29 is 9.32 Å². The Hall–Kier alpha value is -3.09. The molecule has 7 heteroatoms. The lowest BCUT2D eigenvalue weighted by molar-refractivity contribution is 0.0930. The molecular formula is C20H21N5O2. The van der Waals surface area contributed by atoms with E-state index in [-0.39, 0.29) is 11.9 Å². The molecule has 7 nitrogen and oxygen atoms in total. The summed E-state index contributed by atoms with van der Waals surface area (Å²) in [6.07, 6.45) is 8.67. The summed E-state index contributed by atoms with van der Waals surface area (Å²) < 4.78 is 5.19. The number of carbonyl (C=O) groups excluding carboxylic acids is 1. The van der Waals surface area contributed by atoms with E-state index in [1.54, 1.807) is 19.3 Å². The van der Waals surface area contributed by atoms with Gasteiger partial charge in [0.25, 0.3) is 5.91 Å². The third kappa shape index (κ3) is 3.32. The zero-order chi connectivity index (χ0) is 18.8. The fourth-order valence-electron chi connectivity index (χ4n) is 3.51. The van der Waals surface area contributed by atoms with E-state index < -0.39 is 0 Å². The molecule has 0 bridgehead atoms. The molecule has 27 heavy (non-hydrogen) atoms. The number of rotatable bonds is 4. The minimum atomic E-state index is -0.153. The van der Waals surface area contributed by atoms with Crippen molar-refractivity contribution in [2.75, 3.05) is 0 Å². The van der Waals surface area contributed by atoms with Gasteiger partial charge < -0.3 is 9.84 Å². The van der Waals surface area contributed by atoms with Gasteiger partial charge >= 0.3 is 0 Å². The number of carbonyl (C=O) groups is 1. The van der Waals surface area contributed by atoms with Crippen molar-refractivity contribution in [3.63, 3.8) is 0 Å². The number of fused-ring (bicyclic) bond motifs is 1. The summed E-state index contributed by atoms with van der Waals surface area (Å²) in [5.74, 6) is 1.06. The van der Waals surface area contributed by atoms with Gasteiger partial charge in [-0.05, 0) is 44.7 Å². The molecule has 1 amide bonds. The van der Waals surface area contributed by atoms with Crippen molar-refractivity contribution in [3.8, 4) is 11.4 Å². The highest BCUT2D eigenvalue weighted by Gasteiger charge is 2.27. The molecule has 0 spiro atoms. The molecule has 0 fully saturated rings. The number of aryl methyl sites for hydroxylation is 3. The lowest BCUT2D eigenvalue weighted by atomic mass is 9.92. The zero-order valence-corrected chi connectivity index (χ0v) is 15.4. The van der Waals surface area contributed by atoms with E-state index in [4.69, 9.17) is 9.51 Å². The molecule has 0 aromatic carbocycles. The predicted octanol–water partition coefficient (Wildman–Crippen LogP) is 3.20. The van der Waals surface area contributed by atoms with E-state index in [9.17, 15) is 4.79 Å². The van der Waals surface area contributed by atoms with Crippen molar-refractivity contribution in [1.82, 2.24) is 25.4 Å². The number of pyridine rings is 1. The maximum atomic E-state index is 12.8. The third-order valence-corrected chi connectivity index (χ3v) is 4.90. The van der Waals surface area contributed by atoms with Gasteiger partial charge in [0.15, 0.2) is 5.82 Å². The lowest BCUT2D eigenvalue weighted by Crippen LogP contribution is -2.32. The standard InChI is InChI=1S/C20H21N5O2/c1-3-15-18(12(2)27-25-15)20(26)24-17-8-4-7-16-14(17)11-22-19(23-16)13-6-5-9-21-10-13/h5-6,9-11,17H,3-4,7-8H2,1-2H3,(H,24,26). The van der Waals surface area contributed by atoms with Gasteiger partial charge in [-0.2, -0.15) is 0 Å². The zero-order valence-electron chi connectivity index (χ0n) is 15.4. The molecule has 1 N–H and O–H groups in total. The average Bonchev–Trinajstić information content (AvgIpc) is 3.09. The van der Waals surface area contributed by atoms with Crippen LogP contribution in [0.25, 0.3) is 11.4 Å². The minimum Gasteiger partial charge on any atom is -0.361 e. The molecule has 0 saturated heterocycles. The van der Waals surface area contributed by atoms with E-state index in [0.717, 1.165) is 36.1 Å². The summed E-state index contributed by atoms with van der Waals surface area (Å²) in [4.78, 5) is 26.2. The Balaban J connectivity index is 1.60. The molecule has 3 aromatic heterocycles. The van der Waals surface area contributed by atoms with Gasteiger partial charge in [0.05, 0.1) is 11.7 Å². The Bertz CT molecular complexity index is 968. The van der Waals surface area contributed by atoms with Gasteiger partial charge in [0.1, 0.15) is 11.3 Å². The van der Waals surface area contributed by atoms with Crippen LogP contribution < -0.4 is 5.32 Å². The van der Waals surface area contributed by atoms with Crippen LogP contribution in [-0.4, -0.2) is 26.0 Å². The highest BCUT2D eigenvalue weighted by atomic mass is 16.5. The third-order valence-electron chi connectivity index (χ3n) is 4.90. The van der Waals surface area contributed by atoms with Crippen LogP contribution in [0.1, 0.15) is 58.9 Å². The number of hydrogen-bond donors (Lipinski definition) is 1. The van der Waals surface area contributed by atoms with Crippen molar-refractivity contribution in [2.45, 2.75) is 45.6 Å². The first kappa shape index (κ1) is 17.3. The molecule has 0 saturated carbocycles. The maximum Gasteiger partial charge on any atom is 0.257 e. The Morgan fingerprint density at radius 2 is 2.26 bits per heavy atom. The highest BCUT2D eigenvalue weighted by Crippen LogP contribution is 2.30. The molecule has 0 aliphatic heterocycles. The fraction of sp³-hybridized carbons (Fsp3) is 0.350. The topological polar surface area (TPSA) is 93.8 Å². The monoisotopic (exact) mass is 363 g/mol. The SMILES string of the molecule is CCc1noc(C)c1C(=O)NC1CCCc2nc(-c3cccnc3)ncc21. The van der Waals surface area contributed by atoms with Crippen LogP contribution in [0.3, 0.4) is 0 Å². The maximum absolute atomic E-state index is 12.8. The van der Waals surface area contributed by atoms with Gasteiger partial charge in [-0.25, -0.2) is 9.97 Å². The minimum absolute atomic E-state index is 0.108. The van der Waals surface area contributed by atoms with Crippen LogP contribution in [0, 0.1) is 6.92 Å². The highest BCUT2D eigenvalue weighted by molar-refractivity contribution is 5.96. The van der Waals surface area contributed by atoms with Crippen molar-refractivity contribution in [2.24, 2.45) is 0 Å². The van der Waals surface area contributed by atoms with E-state index in [1.807, 2.05) is 25.3 Å². The lowest BCUT2D eigenvalue weighted by Gasteiger charge is -2.25. The van der Waals surface area contributed by atoms with Gasteiger partial charge in [-0.3, -0.25) is 9.78 Å². The van der Waals surface area contributed by atoms with Crippen LogP contribution in [0.4, 0.5) is 0 Å². The van der Waals surface area contributed by atoms with Crippen LogP contribution in [0.2, 0.25) is 0 Å². The first-order valence-corrected chi connectivity index (χ1v) is 9.19. The van der Waals surface area contributed by atoms with E-state index in [1.165, 1.54) is 0 Å². The molecule has 1 aliphatic carbocycles. The molecular weight excluding hydrogens is 342 g/mol. The summed E-state index contributed by atoms with van der Waals surface area (Å²) >= 11 is 0. The van der Waals surface area contributed by atoms with Gasteiger partial charge in [-0.15, -0.1) is 0 Å². The van der Waals surface area contributed by atoms with E-state index in [2.05, 4.69) is 20.4 Å². The number of nitrogens with one attached hydrogen (secondary N) is 1. The van der Waals surface area contributed by atoms with Crippen molar-refractivity contribution >= 4 is 5.91 Å². The second-order valence-electron chi connectivity index (χ2n) is 6.67. The van der Waals surface area contributed by atoms with Crippen molar-refractivity contribution in [1.29, 1.82) is 0 Å². The first-order valence-electron chi connectivity index (χ1n) is 9.19. The molecule has 138 valence electrons. The van der Waals surface area contributed by atoms with E-state index >= 15 is 0 Å². The summed E-state index contributed by atoms with van der Waals surface area (Å²) in [7, 11) is 0. The molecule has 3 aromatic rings.